The minimum absolute atomic E-state index is 0.259. The van der Waals surface area contributed by atoms with Crippen LogP contribution in [-0.2, 0) is 4.74 Å². The van der Waals surface area contributed by atoms with Gasteiger partial charge in [-0.15, -0.1) is 5.10 Å². The lowest BCUT2D eigenvalue weighted by Crippen LogP contribution is -2.28. The smallest absolute Gasteiger partial charge is 0.345 e. The van der Waals surface area contributed by atoms with Crippen molar-refractivity contribution in [2.24, 2.45) is 0 Å². The maximum absolute atomic E-state index is 12.0. The number of nitrogens with two attached hydrogens (primary N) is 1. The summed E-state index contributed by atoms with van der Waals surface area (Å²) in [7, 11) is 1.33. The van der Waals surface area contributed by atoms with Gasteiger partial charge in [-0.3, -0.25) is 4.98 Å². The molecule has 0 amide bonds. The van der Waals surface area contributed by atoms with E-state index in [0.29, 0.717) is 11.9 Å². The zero-order valence-corrected chi connectivity index (χ0v) is 11.7. The van der Waals surface area contributed by atoms with E-state index in [1.165, 1.54) is 18.2 Å². The molecule has 21 heavy (non-hydrogen) atoms. The van der Waals surface area contributed by atoms with Gasteiger partial charge in [0, 0.05) is 18.4 Å². The first kappa shape index (κ1) is 13.4. The van der Waals surface area contributed by atoms with Crippen molar-refractivity contribution >= 4 is 17.6 Å². The van der Waals surface area contributed by atoms with Gasteiger partial charge >= 0.3 is 5.97 Å². The summed E-state index contributed by atoms with van der Waals surface area (Å²) in [6.45, 7) is 0. The van der Waals surface area contributed by atoms with Crippen molar-refractivity contribution in [3.05, 3.63) is 30.1 Å². The zero-order valence-electron chi connectivity index (χ0n) is 11.7. The SMILES string of the molecule is COC(=O)c1c(NC2CCC2)nn(-c2ccncc2)c1N. The van der Waals surface area contributed by atoms with Gasteiger partial charge in [-0.25, -0.2) is 9.48 Å². The number of nitrogens with one attached hydrogen (secondary N) is 1. The van der Waals surface area contributed by atoms with Gasteiger partial charge in [0.1, 0.15) is 11.4 Å². The highest BCUT2D eigenvalue weighted by molar-refractivity contribution is 6.00. The van der Waals surface area contributed by atoms with E-state index >= 15 is 0 Å². The third-order valence-electron chi connectivity index (χ3n) is 3.66. The Labute approximate surface area is 122 Å². The molecule has 7 heteroatoms. The summed E-state index contributed by atoms with van der Waals surface area (Å²) in [5.41, 5.74) is 7.11. The molecular formula is C14H17N5O2. The number of nitrogens with zero attached hydrogens (tertiary/aromatic N) is 3. The number of ether oxygens (including phenoxy) is 1. The molecule has 0 atom stereocenters. The number of hydrogen-bond acceptors (Lipinski definition) is 6. The summed E-state index contributed by atoms with van der Waals surface area (Å²) >= 11 is 0. The summed E-state index contributed by atoms with van der Waals surface area (Å²) in [6.07, 6.45) is 6.62. The number of methoxy groups -OCH3 is 1. The molecule has 0 aliphatic heterocycles. The second-order valence-electron chi connectivity index (χ2n) is 4.99. The van der Waals surface area contributed by atoms with Crippen molar-refractivity contribution in [1.29, 1.82) is 0 Å². The molecule has 2 aromatic rings. The second-order valence-corrected chi connectivity index (χ2v) is 4.99. The second kappa shape index (κ2) is 5.43. The third-order valence-corrected chi connectivity index (χ3v) is 3.66. The highest BCUT2D eigenvalue weighted by Gasteiger charge is 2.27. The molecule has 2 heterocycles. The number of pyridine rings is 1. The van der Waals surface area contributed by atoms with Crippen LogP contribution in [0.5, 0.6) is 0 Å². The molecule has 1 fully saturated rings. The van der Waals surface area contributed by atoms with E-state index < -0.39 is 5.97 Å². The molecular weight excluding hydrogens is 270 g/mol. The summed E-state index contributed by atoms with van der Waals surface area (Å²) < 4.78 is 6.34. The number of carbonyl (C=O) groups excluding carboxylic acids is 1. The molecule has 1 aliphatic carbocycles. The fourth-order valence-electron chi connectivity index (χ4n) is 2.26. The van der Waals surface area contributed by atoms with Crippen molar-refractivity contribution in [2.45, 2.75) is 25.3 Å². The van der Waals surface area contributed by atoms with Gasteiger partial charge < -0.3 is 15.8 Å². The monoisotopic (exact) mass is 287 g/mol. The lowest BCUT2D eigenvalue weighted by atomic mass is 9.93. The van der Waals surface area contributed by atoms with Crippen LogP contribution in [0.1, 0.15) is 29.6 Å². The Morgan fingerprint density at radius 3 is 2.71 bits per heavy atom. The molecule has 110 valence electrons. The number of aromatic nitrogens is 3. The lowest BCUT2D eigenvalue weighted by molar-refractivity contribution is 0.0603. The van der Waals surface area contributed by atoms with Crippen LogP contribution >= 0.6 is 0 Å². The Balaban J connectivity index is 2.03. The standard InChI is InChI=1S/C14H17N5O2/c1-21-14(20)11-12(15)19(10-5-7-16-8-6-10)18-13(11)17-9-3-2-4-9/h5-9H,2-4,15H2,1H3,(H,17,18). The third kappa shape index (κ3) is 2.42. The van der Waals surface area contributed by atoms with Gasteiger partial charge in [0.05, 0.1) is 12.8 Å². The molecule has 0 unspecified atom stereocenters. The first-order valence-corrected chi connectivity index (χ1v) is 6.84. The van der Waals surface area contributed by atoms with Gasteiger partial charge in [-0.2, -0.15) is 0 Å². The predicted octanol–water partition coefficient (Wildman–Crippen LogP) is 1.60. The van der Waals surface area contributed by atoms with Gasteiger partial charge in [-0.05, 0) is 31.4 Å². The molecule has 0 spiro atoms. The average Bonchev–Trinajstić information content (AvgIpc) is 2.80. The molecule has 1 saturated carbocycles. The molecule has 0 radical (unpaired) electrons. The molecule has 0 aromatic carbocycles. The number of esters is 1. The van der Waals surface area contributed by atoms with Crippen LogP contribution in [0.25, 0.3) is 5.69 Å². The maximum Gasteiger partial charge on any atom is 0.345 e. The molecule has 3 rings (SSSR count). The number of carbonyl (C=O) groups is 1. The van der Waals surface area contributed by atoms with Crippen molar-refractivity contribution in [1.82, 2.24) is 14.8 Å². The normalized spacial score (nSPS) is 14.5. The van der Waals surface area contributed by atoms with Crippen LogP contribution in [0.2, 0.25) is 0 Å². The average molecular weight is 287 g/mol. The van der Waals surface area contributed by atoms with Gasteiger partial charge in [0.25, 0.3) is 0 Å². The summed E-state index contributed by atoms with van der Waals surface area (Å²) in [5, 5.41) is 7.69. The maximum atomic E-state index is 12.0. The first-order valence-electron chi connectivity index (χ1n) is 6.84. The van der Waals surface area contributed by atoms with E-state index in [4.69, 9.17) is 10.5 Å². The number of anilines is 2. The van der Waals surface area contributed by atoms with Crippen molar-refractivity contribution in [3.8, 4) is 5.69 Å². The Hall–Kier alpha value is -2.57. The van der Waals surface area contributed by atoms with E-state index in [1.54, 1.807) is 24.5 Å². The van der Waals surface area contributed by atoms with Crippen molar-refractivity contribution in [3.63, 3.8) is 0 Å². The highest BCUT2D eigenvalue weighted by atomic mass is 16.5. The van der Waals surface area contributed by atoms with Crippen LogP contribution in [0.3, 0.4) is 0 Å². The van der Waals surface area contributed by atoms with E-state index in [0.717, 1.165) is 18.5 Å². The van der Waals surface area contributed by atoms with Crippen LogP contribution in [0.4, 0.5) is 11.6 Å². The predicted molar refractivity (Wildman–Crippen MR) is 78.4 cm³/mol. The molecule has 1 aliphatic rings. The minimum Gasteiger partial charge on any atom is -0.465 e. The molecule has 0 saturated heterocycles. The first-order chi connectivity index (χ1) is 10.2. The fourth-order valence-corrected chi connectivity index (χ4v) is 2.26. The Bertz CT molecular complexity index is 649. The minimum atomic E-state index is -0.491. The van der Waals surface area contributed by atoms with Crippen molar-refractivity contribution < 1.29 is 9.53 Å². The Kier molecular flexibility index (Phi) is 3.47. The van der Waals surface area contributed by atoms with E-state index in [2.05, 4.69) is 15.4 Å². The summed E-state index contributed by atoms with van der Waals surface area (Å²) in [6, 6.07) is 3.89. The van der Waals surface area contributed by atoms with Crippen LogP contribution in [-0.4, -0.2) is 33.9 Å². The Morgan fingerprint density at radius 2 is 2.14 bits per heavy atom. The summed E-state index contributed by atoms with van der Waals surface area (Å²) in [5.74, 6) is 0.241. The van der Waals surface area contributed by atoms with Gasteiger partial charge in [-0.1, -0.05) is 0 Å². The molecule has 2 aromatic heterocycles. The topological polar surface area (TPSA) is 95.1 Å². The summed E-state index contributed by atoms with van der Waals surface area (Å²) in [4.78, 5) is 15.9. The quantitative estimate of drug-likeness (QED) is 0.829. The van der Waals surface area contributed by atoms with Gasteiger partial charge in [0.15, 0.2) is 5.82 Å². The zero-order chi connectivity index (χ0) is 14.8. The van der Waals surface area contributed by atoms with E-state index in [1.807, 2.05) is 0 Å². The molecule has 3 N–H and O–H groups in total. The van der Waals surface area contributed by atoms with E-state index in [-0.39, 0.29) is 11.4 Å². The molecule has 7 nitrogen and oxygen atoms in total. The largest absolute Gasteiger partial charge is 0.465 e. The van der Waals surface area contributed by atoms with E-state index in [9.17, 15) is 4.79 Å². The fraction of sp³-hybridized carbons (Fsp3) is 0.357. The number of hydrogen-bond donors (Lipinski definition) is 2. The van der Waals surface area contributed by atoms with Gasteiger partial charge in [0.2, 0.25) is 0 Å². The van der Waals surface area contributed by atoms with Crippen LogP contribution < -0.4 is 11.1 Å². The Morgan fingerprint density at radius 1 is 1.43 bits per heavy atom. The van der Waals surface area contributed by atoms with Crippen LogP contribution in [0, 0.1) is 0 Å². The lowest BCUT2D eigenvalue weighted by Gasteiger charge is -2.26. The number of rotatable bonds is 4. The van der Waals surface area contributed by atoms with Crippen LogP contribution in [0.15, 0.2) is 24.5 Å². The van der Waals surface area contributed by atoms with Crippen molar-refractivity contribution in [2.75, 3.05) is 18.2 Å². The molecule has 0 bridgehead atoms. The highest BCUT2D eigenvalue weighted by Crippen LogP contribution is 2.29. The number of nitrogen functional groups attached to an aromatic ring is 1.